The first-order valence-electron chi connectivity index (χ1n) is 5.47. The summed E-state index contributed by atoms with van der Waals surface area (Å²) in [6, 6.07) is 7.42. The van der Waals surface area contributed by atoms with Gasteiger partial charge in [-0.05, 0) is 45.6 Å². The molecule has 0 amide bonds. The molecule has 2 aromatic heterocycles. The molecule has 0 aliphatic carbocycles. The zero-order chi connectivity index (χ0) is 13.4. The molecule has 0 atom stereocenters. The van der Waals surface area contributed by atoms with Gasteiger partial charge in [0.15, 0.2) is 5.82 Å². The predicted molar refractivity (Wildman–Crippen MR) is 78.8 cm³/mol. The fraction of sp³-hybridized carbons (Fsp3) is 0.0769. The third-order valence-electron chi connectivity index (χ3n) is 2.70. The topological polar surface area (TPSA) is 55.2 Å². The van der Waals surface area contributed by atoms with Crippen molar-refractivity contribution >= 4 is 37.5 Å². The summed E-state index contributed by atoms with van der Waals surface area (Å²) in [6.07, 6.45) is 0. The number of halogens is 1. The van der Waals surface area contributed by atoms with Crippen molar-refractivity contribution in [3.05, 3.63) is 34.1 Å². The predicted octanol–water partition coefficient (Wildman–Crippen LogP) is 3.84. The number of benzene rings is 1. The maximum atomic E-state index is 9.90. The van der Waals surface area contributed by atoms with Gasteiger partial charge in [-0.15, -0.1) is 11.3 Å². The van der Waals surface area contributed by atoms with Gasteiger partial charge >= 0.3 is 0 Å². The number of methoxy groups -OCH3 is 1. The van der Waals surface area contributed by atoms with Gasteiger partial charge in [-0.3, -0.25) is 0 Å². The van der Waals surface area contributed by atoms with E-state index in [0.29, 0.717) is 10.5 Å². The van der Waals surface area contributed by atoms with Crippen LogP contribution in [0.25, 0.3) is 21.6 Å². The molecule has 1 N–H and O–H groups in total. The minimum absolute atomic E-state index is 0.0157. The smallest absolute Gasteiger partial charge is 0.232 e. The van der Waals surface area contributed by atoms with Crippen LogP contribution in [0.2, 0.25) is 0 Å². The zero-order valence-electron chi connectivity index (χ0n) is 9.92. The average Bonchev–Trinajstić information content (AvgIpc) is 2.87. The molecule has 0 radical (unpaired) electrons. The van der Waals surface area contributed by atoms with Crippen LogP contribution in [0.5, 0.6) is 11.6 Å². The van der Waals surface area contributed by atoms with Crippen LogP contribution < -0.4 is 4.74 Å². The molecule has 6 heteroatoms. The molecular weight excluding hydrogens is 328 g/mol. The zero-order valence-corrected chi connectivity index (χ0v) is 12.3. The number of thiophene rings is 1. The van der Waals surface area contributed by atoms with E-state index in [0.717, 1.165) is 21.3 Å². The number of hydrogen-bond acceptors (Lipinski definition) is 5. The summed E-state index contributed by atoms with van der Waals surface area (Å²) < 4.78 is 6.71. The van der Waals surface area contributed by atoms with E-state index in [1.165, 1.54) is 11.3 Å². The second-order valence-corrected chi connectivity index (χ2v) is 5.63. The van der Waals surface area contributed by atoms with E-state index >= 15 is 0 Å². The quantitative estimate of drug-likeness (QED) is 0.772. The average molecular weight is 337 g/mol. The molecule has 0 saturated carbocycles. The summed E-state index contributed by atoms with van der Waals surface area (Å²) in [5, 5.41) is 11.8. The van der Waals surface area contributed by atoms with E-state index in [1.807, 2.05) is 29.6 Å². The van der Waals surface area contributed by atoms with Crippen LogP contribution in [0, 0.1) is 0 Å². The van der Waals surface area contributed by atoms with E-state index < -0.39 is 0 Å². The van der Waals surface area contributed by atoms with Gasteiger partial charge in [0, 0.05) is 5.56 Å². The van der Waals surface area contributed by atoms with Crippen LogP contribution in [0.3, 0.4) is 0 Å². The van der Waals surface area contributed by atoms with Gasteiger partial charge in [-0.25, -0.2) is 4.98 Å². The summed E-state index contributed by atoms with van der Waals surface area (Å²) in [6.45, 7) is 0. The van der Waals surface area contributed by atoms with Crippen molar-refractivity contribution in [1.82, 2.24) is 9.97 Å². The van der Waals surface area contributed by atoms with Gasteiger partial charge in [0.1, 0.15) is 10.4 Å². The summed E-state index contributed by atoms with van der Waals surface area (Å²) in [5.41, 5.74) is 1.57. The van der Waals surface area contributed by atoms with Gasteiger partial charge in [0.25, 0.3) is 0 Å². The van der Waals surface area contributed by atoms with Crippen LogP contribution in [-0.2, 0) is 0 Å². The van der Waals surface area contributed by atoms with E-state index in [-0.39, 0.29) is 5.88 Å². The lowest BCUT2D eigenvalue weighted by atomic mass is 10.2. The summed E-state index contributed by atoms with van der Waals surface area (Å²) >= 11 is 4.85. The Hall–Kier alpha value is -1.66. The lowest BCUT2D eigenvalue weighted by Gasteiger charge is -2.06. The Kier molecular flexibility index (Phi) is 3.12. The molecular formula is C13H9BrN2O2S. The largest absolute Gasteiger partial charge is 0.496 e. The Morgan fingerprint density at radius 1 is 1.26 bits per heavy atom. The van der Waals surface area contributed by atoms with Crippen LogP contribution >= 0.6 is 27.3 Å². The van der Waals surface area contributed by atoms with Crippen molar-refractivity contribution in [2.24, 2.45) is 0 Å². The third kappa shape index (κ3) is 2.17. The highest BCUT2D eigenvalue weighted by Gasteiger charge is 2.11. The lowest BCUT2D eigenvalue weighted by Crippen LogP contribution is -1.91. The second-order valence-electron chi connectivity index (χ2n) is 3.86. The maximum Gasteiger partial charge on any atom is 0.232 e. The highest BCUT2D eigenvalue weighted by atomic mass is 79.9. The Balaban J connectivity index is 2.15. The molecule has 0 fully saturated rings. The van der Waals surface area contributed by atoms with Gasteiger partial charge < -0.3 is 9.84 Å². The van der Waals surface area contributed by atoms with Crippen molar-refractivity contribution in [3.63, 3.8) is 0 Å². The van der Waals surface area contributed by atoms with Gasteiger partial charge in [-0.2, -0.15) is 4.98 Å². The highest BCUT2D eigenvalue weighted by molar-refractivity contribution is 9.10. The number of aromatic hydroxyl groups is 1. The van der Waals surface area contributed by atoms with Gasteiger partial charge in [0.05, 0.1) is 17.1 Å². The molecule has 0 aliphatic heterocycles. The van der Waals surface area contributed by atoms with Crippen LogP contribution in [-0.4, -0.2) is 22.2 Å². The Labute approximate surface area is 121 Å². The minimum Gasteiger partial charge on any atom is -0.496 e. The SMILES string of the molecule is COc1ccc(-c2nc(O)c3sccc3n2)cc1Br. The number of aromatic nitrogens is 2. The molecule has 0 bridgehead atoms. The number of hydrogen-bond donors (Lipinski definition) is 1. The normalized spacial score (nSPS) is 10.8. The standard InChI is InChI=1S/C13H9BrN2O2S/c1-18-10-3-2-7(6-8(10)14)12-15-9-4-5-19-11(9)13(17)16-12/h2-6H,1H3,(H,15,16,17). The van der Waals surface area contributed by atoms with Crippen LogP contribution in [0.15, 0.2) is 34.1 Å². The van der Waals surface area contributed by atoms with Crippen molar-refractivity contribution in [2.45, 2.75) is 0 Å². The molecule has 0 aliphatic rings. The fourth-order valence-electron chi connectivity index (χ4n) is 1.78. The van der Waals surface area contributed by atoms with Gasteiger partial charge in [0.2, 0.25) is 5.88 Å². The Morgan fingerprint density at radius 2 is 2.11 bits per heavy atom. The first kappa shape index (κ1) is 12.4. The number of ether oxygens (including phenoxy) is 1. The van der Waals surface area contributed by atoms with Crippen LogP contribution in [0.1, 0.15) is 0 Å². The molecule has 1 aromatic carbocycles. The first-order valence-corrected chi connectivity index (χ1v) is 7.14. The number of rotatable bonds is 2. The Morgan fingerprint density at radius 3 is 2.84 bits per heavy atom. The fourth-order valence-corrected chi connectivity index (χ4v) is 3.04. The van der Waals surface area contributed by atoms with Crippen molar-refractivity contribution < 1.29 is 9.84 Å². The first-order chi connectivity index (χ1) is 9.19. The molecule has 0 saturated heterocycles. The van der Waals surface area contributed by atoms with Crippen molar-refractivity contribution in [3.8, 4) is 23.0 Å². The molecule has 4 nitrogen and oxygen atoms in total. The summed E-state index contributed by atoms with van der Waals surface area (Å²) in [5.74, 6) is 1.25. The van der Waals surface area contributed by atoms with E-state index in [4.69, 9.17) is 4.74 Å². The molecule has 96 valence electrons. The highest BCUT2D eigenvalue weighted by Crippen LogP contribution is 2.32. The molecule has 19 heavy (non-hydrogen) atoms. The number of nitrogens with zero attached hydrogens (tertiary/aromatic N) is 2. The second kappa shape index (κ2) is 4.79. The van der Waals surface area contributed by atoms with Crippen LogP contribution in [0.4, 0.5) is 0 Å². The van der Waals surface area contributed by atoms with Gasteiger partial charge in [-0.1, -0.05) is 0 Å². The number of fused-ring (bicyclic) bond motifs is 1. The minimum atomic E-state index is 0.0157. The van der Waals surface area contributed by atoms with E-state index in [1.54, 1.807) is 7.11 Å². The molecule has 3 rings (SSSR count). The van der Waals surface area contributed by atoms with Crippen molar-refractivity contribution in [1.29, 1.82) is 0 Å². The molecule has 3 aromatic rings. The van der Waals surface area contributed by atoms with Crippen molar-refractivity contribution in [2.75, 3.05) is 7.11 Å². The maximum absolute atomic E-state index is 9.90. The molecule has 0 spiro atoms. The van der Waals surface area contributed by atoms with E-state index in [9.17, 15) is 5.11 Å². The lowest BCUT2D eigenvalue weighted by molar-refractivity contribution is 0.412. The monoisotopic (exact) mass is 336 g/mol. The Bertz CT molecular complexity index is 757. The molecule has 2 heterocycles. The van der Waals surface area contributed by atoms with E-state index in [2.05, 4.69) is 25.9 Å². The molecule has 0 unspecified atom stereocenters. The third-order valence-corrected chi connectivity index (χ3v) is 4.21. The summed E-state index contributed by atoms with van der Waals surface area (Å²) in [4.78, 5) is 8.57. The summed E-state index contributed by atoms with van der Waals surface area (Å²) in [7, 11) is 1.61.